The lowest BCUT2D eigenvalue weighted by molar-refractivity contribution is 0.152. The molecule has 2 fully saturated rings. The minimum absolute atomic E-state index is 0.0992. The molecule has 4 rings (SSSR count). The Morgan fingerprint density at radius 2 is 2.22 bits per heavy atom. The van der Waals surface area contributed by atoms with E-state index in [1.165, 1.54) is 22.0 Å². The molecule has 1 aromatic carbocycles. The number of benzene rings is 1. The van der Waals surface area contributed by atoms with Crippen LogP contribution in [0, 0.1) is 6.92 Å². The van der Waals surface area contributed by atoms with Crippen LogP contribution in [0.3, 0.4) is 0 Å². The van der Waals surface area contributed by atoms with Gasteiger partial charge in [-0.2, -0.15) is 0 Å². The molecule has 1 aliphatic carbocycles. The van der Waals surface area contributed by atoms with Crippen LogP contribution in [0.25, 0.3) is 10.9 Å². The van der Waals surface area contributed by atoms with Crippen molar-refractivity contribution in [3.8, 4) is 0 Å². The first-order chi connectivity index (χ1) is 11.1. The van der Waals surface area contributed by atoms with E-state index < -0.39 is 0 Å². The molecule has 2 unspecified atom stereocenters. The van der Waals surface area contributed by atoms with E-state index in [2.05, 4.69) is 53.6 Å². The molecule has 2 atom stereocenters. The molecule has 2 N–H and O–H groups in total. The normalized spacial score (nSPS) is 23.8. The van der Waals surface area contributed by atoms with Gasteiger partial charge in [0, 0.05) is 42.8 Å². The number of amides is 2. The molecule has 5 nitrogen and oxygen atoms in total. The quantitative estimate of drug-likeness (QED) is 0.912. The zero-order valence-corrected chi connectivity index (χ0v) is 13.8. The number of H-pyrrole nitrogens is 1. The summed E-state index contributed by atoms with van der Waals surface area (Å²) in [5.74, 6) is 0. The van der Waals surface area contributed by atoms with Crippen LogP contribution in [0.1, 0.15) is 17.5 Å². The van der Waals surface area contributed by atoms with Gasteiger partial charge in [0.2, 0.25) is 0 Å². The number of likely N-dealkylation sites (N-methyl/N-ethyl adjacent to an activating group) is 1. The zero-order valence-electron chi connectivity index (χ0n) is 13.8. The van der Waals surface area contributed by atoms with Crippen molar-refractivity contribution in [1.29, 1.82) is 0 Å². The first-order valence-corrected chi connectivity index (χ1v) is 8.45. The largest absolute Gasteiger partial charge is 0.361 e. The number of carbonyl (C=O) groups excluding carboxylic acids is 1. The van der Waals surface area contributed by atoms with E-state index >= 15 is 0 Å². The van der Waals surface area contributed by atoms with Gasteiger partial charge in [0.1, 0.15) is 0 Å². The number of hydrogen-bond donors (Lipinski definition) is 2. The summed E-state index contributed by atoms with van der Waals surface area (Å²) in [6, 6.07) is 7.42. The topological polar surface area (TPSA) is 51.4 Å². The van der Waals surface area contributed by atoms with Crippen molar-refractivity contribution < 1.29 is 4.79 Å². The molecule has 0 radical (unpaired) electrons. The first kappa shape index (κ1) is 14.6. The van der Waals surface area contributed by atoms with Crippen LogP contribution in [0.5, 0.6) is 0 Å². The van der Waals surface area contributed by atoms with Gasteiger partial charge in [0.05, 0.1) is 6.04 Å². The van der Waals surface area contributed by atoms with Crippen LogP contribution in [-0.2, 0) is 6.42 Å². The number of aryl methyl sites for hydroxylation is 1. The number of aromatic nitrogens is 1. The van der Waals surface area contributed by atoms with E-state index in [1.807, 2.05) is 4.90 Å². The average Bonchev–Trinajstić information content (AvgIpc) is 3.23. The van der Waals surface area contributed by atoms with Crippen molar-refractivity contribution in [2.45, 2.75) is 31.8 Å². The minimum Gasteiger partial charge on any atom is -0.361 e. The van der Waals surface area contributed by atoms with Crippen LogP contribution < -0.4 is 5.32 Å². The smallest absolute Gasteiger partial charge is 0.317 e. The Kier molecular flexibility index (Phi) is 3.53. The number of piperazine rings is 1. The van der Waals surface area contributed by atoms with Gasteiger partial charge < -0.3 is 15.2 Å². The number of nitrogens with zero attached hydrogens (tertiary/aromatic N) is 2. The van der Waals surface area contributed by atoms with E-state index in [0.717, 1.165) is 25.9 Å². The first-order valence-electron chi connectivity index (χ1n) is 8.45. The van der Waals surface area contributed by atoms with Crippen molar-refractivity contribution >= 4 is 16.9 Å². The number of nitrogens with one attached hydrogen (secondary N) is 2. The van der Waals surface area contributed by atoms with Crippen LogP contribution in [0.4, 0.5) is 4.79 Å². The molecule has 0 spiro atoms. The Hall–Kier alpha value is -2.01. The number of aromatic amines is 1. The molecular weight excluding hydrogens is 288 g/mol. The Morgan fingerprint density at radius 1 is 1.35 bits per heavy atom. The Morgan fingerprint density at radius 3 is 3.09 bits per heavy atom. The Labute approximate surface area is 136 Å². The predicted octanol–water partition coefficient (Wildman–Crippen LogP) is 2.12. The molecule has 1 aromatic heterocycles. The van der Waals surface area contributed by atoms with Crippen molar-refractivity contribution in [1.82, 2.24) is 20.1 Å². The second-order valence-corrected chi connectivity index (χ2v) is 6.84. The van der Waals surface area contributed by atoms with Gasteiger partial charge in [0.15, 0.2) is 0 Å². The third-order valence-corrected chi connectivity index (χ3v) is 5.31. The molecule has 1 saturated heterocycles. The summed E-state index contributed by atoms with van der Waals surface area (Å²) in [6.45, 7) is 4.64. The van der Waals surface area contributed by atoms with Crippen LogP contribution in [-0.4, -0.2) is 59.6 Å². The van der Waals surface area contributed by atoms with Gasteiger partial charge in [-0.1, -0.05) is 12.1 Å². The van der Waals surface area contributed by atoms with E-state index in [1.54, 1.807) is 0 Å². The highest BCUT2D eigenvalue weighted by molar-refractivity contribution is 5.86. The fourth-order valence-corrected chi connectivity index (χ4v) is 3.88. The molecule has 2 aliphatic rings. The molecule has 1 aliphatic heterocycles. The summed E-state index contributed by atoms with van der Waals surface area (Å²) >= 11 is 0. The lowest BCUT2D eigenvalue weighted by Gasteiger charge is -2.31. The highest BCUT2D eigenvalue weighted by atomic mass is 16.2. The van der Waals surface area contributed by atoms with E-state index in [0.29, 0.717) is 18.6 Å². The Bertz CT molecular complexity index is 738. The summed E-state index contributed by atoms with van der Waals surface area (Å²) in [6.07, 6.45) is 4.06. The number of hydrogen-bond acceptors (Lipinski definition) is 2. The van der Waals surface area contributed by atoms with Crippen molar-refractivity contribution in [3.63, 3.8) is 0 Å². The minimum atomic E-state index is 0.0992. The van der Waals surface area contributed by atoms with Crippen molar-refractivity contribution in [3.05, 3.63) is 35.5 Å². The maximum atomic E-state index is 12.4. The van der Waals surface area contributed by atoms with Crippen LogP contribution in [0.15, 0.2) is 24.4 Å². The highest BCUT2D eigenvalue weighted by Crippen LogP contribution is 2.35. The standard InChI is InChI=1S/C18H24N4O/c1-12-4-3-5-14-17(12)13(11-20-14)6-7-19-18(23)22-9-8-21(2)15-10-16(15)22/h3-5,11,15-16,20H,6-10H2,1-2H3,(H,19,23). The van der Waals surface area contributed by atoms with Crippen molar-refractivity contribution in [2.75, 3.05) is 26.7 Å². The van der Waals surface area contributed by atoms with Gasteiger partial charge in [-0.25, -0.2) is 4.79 Å². The van der Waals surface area contributed by atoms with Gasteiger partial charge in [-0.05, 0) is 44.0 Å². The van der Waals surface area contributed by atoms with Crippen LogP contribution in [0.2, 0.25) is 0 Å². The summed E-state index contributed by atoms with van der Waals surface area (Å²) < 4.78 is 0. The fraction of sp³-hybridized carbons (Fsp3) is 0.500. The Balaban J connectivity index is 1.35. The van der Waals surface area contributed by atoms with Gasteiger partial charge in [-0.15, -0.1) is 0 Å². The number of rotatable bonds is 3. The SMILES string of the molecule is Cc1cccc2[nH]cc(CCNC(=O)N3CCN(C)C4CC43)c12. The predicted molar refractivity (Wildman–Crippen MR) is 91.7 cm³/mol. The highest BCUT2D eigenvalue weighted by Gasteiger charge is 2.49. The van der Waals surface area contributed by atoms with E-state index in [4.69, 9.17) is 0 Å². The zero-order chi connectivity index (χ0) is 16.0. The molecule has 0 bridgehead atoms. The molecule has 122 valence electrons. The number of urea groups is 1. The maximum absolute atomic E-state index is 12.4. The summed E-state index contributed by atoms with van der Waals surface area (Å²) in [4.78, 5) is 20.1. The summed E-state index contributed by atoms with van der Waals surface area (Å²) in [5.41, 5.74) is 3.73. The van der Waals surface area contributed by atoms with E-state index in [9.17, 15) is 4.79 Å². The molecule has 2 aromatic rings. The monoisotopic (exact) mass is 312 g/mol. The molecule has 2 amide bonds. The third-order valence-electron chi connectivity index (χ3n) is 5.31. The van der Waals surface area contributed by atoms with Crippen LogP contribution >= 0.6 is 0 Å². The molecule has 23 heavy (non-hydrogen) atoms. The van der Waals surface area contributed by atoms with Gasteiger partial charge in [0.25, 0.3) is 0 Å². The summed E-state index contributed by atoms with van der Waals surface area (Å²) in [7, 11) is 2.15. The van der Waals surface area contributed by atoms with Gasteiger partial charge in [-0.3, -0.25) is 4.90 Å². The average molecular weight is 312 g/mol. The van der Waals surface area contributed by atoms with E-state index in [-0.39, 0.29) is 6.03 Å². The van der Waals surface area contributed by atoms with Crippen molar-refractivity contribution in [2.24, 2.45) is 0 Å². The molecular formula is C18H24N4O. The molecule has 2 heterocycles. The second-order valence-electron chi connectivity index (χ2n) is 6.84. The number of fused-ring (bicyclic) bond motifs is 2. The maximum Gasteiger partial charge on any atom is 0.317 e. The lowest BCUT2D eigenvalue weighted by atomic mass is 10.1. The number of carbonyl (C=O) groups is 1. The fourth-order valence-electron chi connectivity index (χ4n) is 3.88. The van der Waals surface area contributed by atoms with Gasteiger partial charge >= 0.3 is 6.03 Å². The summed E-state index contributed by atoms with van der Waals surface area (Å²) in [5, 5.41) is 4.40. The molecule has 5 heteroatoms. The molecule has 1 saturated carbocycles. The lowest BCUT2D eigenvalue weighted by Crippen LogP contribution is -2.51. The second kappa shape index (κ2) is 5.57. The third kappa shape index (κ3) is 2.59.